The first kappa shape index (κ1) is 15.7. The summed E-state index contributed by atoms with van der Waals surface area (Å²) in [6, 6.07) is 6.18. The van der Waals surface area contributed by atoms with E-state index in [9.17, 15) is 9.59 Å². The maximum Gasteiger partial charge on any atom is 0.327 e. The summed E-state index contributed by atoms with van der Waals surface area (Å²) < 4.78 is 5.45. The zero-order chi connectivity index (χ0) is 14.1. The van der Waals surface area contributed by atoms with Gasteiger partial charge in [-0.2, -0.15) is 11.8 Å². The van der Waals surface area contributed by atoms with Gasteiger partial charge in [0.05, 0.1) is 6.61 Å². The summed E-state index contributed by atoms with van der Waals surface area (Å²) in [6.07, 6.45) is 0.391. The quantitative estimate of drug-likeness (QED) is 0.536. The number of nitrogens with one attached hydrogen (secondary N) is 1. The second-order valence-electron chi connectivity index (χ2n) is 3.56. The summed E-state index contributed by atoms with van der Waals surface area (Å²) in [5, 5.41) is 11.6. The van der Waals surface area contributed by atoms with Gasteiger partial charge in [-0.15, -0.1) is 0 Å². The SMILES string of the molecule is O=CNC(CSCCOc1cccc(Cl)c1)C(=O)O. The molecule has 5 nitrogen and oxygen atoms in total. The highest BCUT2D eigenvalue weighted by atomic mass is 35.5. The van der Waals surface area contributed by atoms with Crippen LogP contribution in [0.2, 0.25) is 5.02 Å². The number of thioether (sulfide) groups is 1. The van der Waals surface area contributed by atoms with Gasteiger partial charge in [-0.05, 0) is 18.2 Å². The van der Waals surface area contributed by atoms with Crippen LogP contribution in [0.5, 0.6) is 5.75 Å². The Hall–Kier alpha value is -1.40. The van der Waals surface area contributed by atoms with Gasteiger partial charge in [-0.25, -0.2) is 4.79 Å². The average molecular weight is 304 g/mol. The number of hydrogen-bond donors (Lipinski definition) is 2. The molecule has 0 aliphatic rings. The van der Waals surface area contributed by atoms with Crippen molar-refractivity contribution in [2.75, 3.05) is 18.1 Å². The van der Waals surface area contributed by atoms with Crippen LogP contribution in [-0.2, 0) is 9.59 Å². The molecule has 104 valence electrons. The molecule has 0 saturated carbocycles. The lowest BCUT2D eigenvalue weighted by Gasteiger charge is -2.11. The molecule has 19 heavy (non-hydrogen) atoms. The van der Waals surface area contributed by atoms with Gasteiger partial charge in [-0.1, -0.05) is 17.7 Å². The van der Waals surface area contributed by atoms with Crippen LogP contribution in [0.3, 0.4) is 0 Å². The number of ether oxygens (including phenoxy) is 1. The van der Waals surface area contributed by atoms with E-state index < -0.39 is 12.0 Å². The van der Waals surface area contributed by atoms with Crippen molar-refractivity contribution in [1.29, 1.82) is 0 Å². The second-order valence-corrected chi connectivity index (χ2v) is 5.14. The van der Waals surface area contributed by atoms with Crippen LogP contribution >= 0.6 is 23.4 Å². The first-order valence-corrected chi connectivity index (χ1v) is 7.05. The van der Waals surface area contributed by atoms with Crippen LogP contribution in [-0.4, -0.2) is 41.6 Å². The number of amides is 1. The van der Waals surface area contributed by atoms with Gasteiger partial charge < -0.3 is 15.2 Å². The maximum atomic E-state index is 10.7. The third kappa shape index (κ3) is 6.35. The number of carbonyl (C=O) groups excluding carboxylic acids is 1. The highest BCUT2D eigenvalue weighted by Crippen LogP contribution is 2.17. The molecule has 1 aromatic rings. The third-order valence-corrected chi connectivity index (χ3v) is 3.40. The molecule has 0 saturated heterocycles. The average Bonchev–Trinajstić information content (AvgIpc) is 2.37. The van der Waals surface area contributed by atoms with Gasteiger partial charge >= 0.3 is 5.97 Å². The van der Waals surface area contributed by atoms with E-state index in [0.717, 1.165) is 0 Å². The summed E-state index contributed by atoms with van der Waals surface area (Å²) >= 11 is 7.20. The molecule has 1 aromatic carbocycles. The van der Waals surface area contributed by atoms with E-state index in [-0.39, 0.29) is 0 Å². The molecule has 1 unspecified atom stereocenters. The molecular weight excluding hydrogens is 290 g/mol. The Balaban J connectivity index is 2.20. The number of carbonyl (C=O) groups is 2. The van der Waals surface area contributed by atoms with Gasteiger partial charge in [0.15, 0.2) is 0 Å². The molecule has 0 radical (unpaired) electrons. The van der Waals surface area contributed by atoms with E-state index in [2.05, 4.69) is 5.32 Å². The summed E-state index contributed by atoms with van der Waals surface area (Å²) in [5.74, 6) is 0.549. The highest BCUT2D eigenvalue weighted by molar-refractivity contribution is 7.99. The Bertz CT molecular complexity index is 430. The number of carboxylic acids is 1. The van der Waals surface area contributed by atoms with E-state index in [1.807, 2.05) is 0 Å². The Morgan fingerprint density at radius 1 is 1.58 bits per heavy atom. The zero-order valence-corrected chi connectivity index (χ0v) is 11.6. The number of benzene rings is 1. The number of hydrogen-bond acceptors (Lipinski definition) is 4. The highest BCUT2D eigenvalue weighted by Gasteiger charge is 2.15. The van der Waals surface area contributed by atoms with Gasteiger partial charge in [0.1, 0.15) is 11.8 Å². The smallest absolute Gasteiger partial charge is 0.327 e. The number of carboxylic acid groups (broad SMARTS) is 1. The molecule has 0 aliphatic carbocycles. The van der Waals surface area contributed by atoms with Crippen LogP contribution in [0.25, 0.3) is 0 Å². The number of halogens is 1. The Morgan fingerprint density at radius 3 is 3.00 bits per heavy atom. The molecule has 0 heterocycles. The molecule has 1 atom stereocenters. The predicted octanol–water partition coefficient (Wildman–Crippen LogP) is 1.65. The largest absolute Gasteiger partial charge is 0.493 e. The van der Waals surface area contributed by atoms with Crippen LogP contribution < -0.4 is 10.1 Å². The minimum Gasteiger partial charge on any atom is -0.493 e. The summed E-state index contributed by atoms with van der Waals surface area (Å²) in [6.45, 7) is 0.443. The fraction of sp³-hybridized carbons (Fsp3) is 0.333. The predicted molar refractivity (Wildman–Crippen MR) is 74.9 cm³/mol. The van der Waals surface area contributed by atoms with E-state index in [1.165, 1.54) is 11.8 Å². The topological polar surface area (TPSA) is 75.6 Å². The Kier molecular flexibility index (Phi) is 7.14. The monoisotopic (exact) mass is 303 g/mol. The molecule has 2 N–H and O–H groups in total. The van der Waals surface area contributed by atoms with Crippen molar-refractivity contribution >= 4 is 35.7 Å². The van der Waals surface area contributed by atoms with Gasteiger partial charge in [0.25, 0.3) is 0 Å². The van der Waals surface area contributed by atoms with Gasteiger partial charge in [0.2, 0.25) is 6.41 Å². The standard InChI is InChI=1S/C12H14ClNO4S/c13-9-2-1-3-10(6-9)18-4-5-19-7-11(12(16)17)14-8-15/h1-3,6,8,11H,4-5,7H2,(H,14,15)(H,16,17). The first-order chi connectivity index (χ1) is 9.13. The Labute approximate surface area is 120 Å². The molecule has 0 aliphatic heterocycles. The van der Waals surface area contributed by atoms with E-state index in [1.54, 1.807) is 24.3 Å². The second kappa shape index (κ2) is 8.66. The van der Waals surface area contributed by atoms with Crippen molar-refractivity contribution < 1.29 is 19.4 Å². The third-order valence-electron chi connectivity index (χ3n) is 2.14. The van der Waals surface area contributed by atoms with Crippen LogP contribution in [0, 0.1) is 0 Å². The van der Waals surface area contributed by atoms with Crippen molar-refractivity contribution in [2.24, 2.45) is 0 Å². The molecule has 0 bridgehead atoms. The molecule has 0 fully saturated rings. The van der Waals surface area contributed by atoms with Gasteiger partial charge in [0, 0.05) is 16.5 Å². The summed E-state index contributed by atoms with van der Waals surface area (Å²) in [4.78, 5) is 20.9. The lowest BCUT2D eigenvalue weighted by molar-refractivity contribution is -0.139. The van der Waals surface area contributed by atoms with E-state index in [4.69, 9.17) is 21.4 Å². The fourth-order valence-corrected chi connectivity index (χ4v) is 2.27. The molecule has 7 heteroatoms. The number of aliphatic carboxylic acids is 1. The normalized spacial score (nSPS) is 11.6. The van der Waals surface area contributed by atoms with Crippen molar-refractivity contribution in [3.8, 4) is 5.75 Å². The van der Waals surface area contributed by atoms with Crippen molar-refractivity contribution in [1.82, 2.24) is 5.32 Å². The van der Waals surface area contributed by atoms with Crippen LogP contribution in [0.1, 0.15) is 0 Å². The summed E-state index contributed by atoms with van der Waals surface area (Å²) in [5.41, 5.74) is 0. The van der Waals surface area contributed by atoms with Crippen molar-refractivity contribution in [2.45, 2.75) is 6.04 Å². The molecule has 1 rings (SSSR count). The van der Waals surface area contributed by atoms with E-state index >= 15 is 0 Å². The Morgan fingerprint density at radius 2 is 2.37 bits per heavy atom. The molecule has 0 spiro atoms. The van der Waals surface area contributed by atoms with Gasteiger partial charge in [-0.3, -0.25) is 4.79 Å². The minimum atomic E-state index is -1.05. The molecular formula is C12H14ClNO4S. The van der Waals surface area contributed by atoms with Crippen molar-refractivity contribution in [3.63, 3.8) is 0 Å². The molecule has 1 amide bonds. The van der Waals surface area contributed by atoms with Crippen LogP contribution in [0.4, 0.5) is 0 Å². The maximum absolute atomic E-state index is 10.7. The lowest BCUT2D eigenvalue weighted by atomic mass is 10.3. The number of rotatable bonds is 9. The zero-order valence-electron chi connectivity index (χ0n) is 10.0. The lowest BCUT2D eigenvalue weighted by Crippen LogP contribution is -2.38. The first-order valence-electron chi connectivity index (χ1n) is 5.52. The van der Waals surface area contributed by atoms with Crippen molar-refractivity contribution in [3.05, 3.63) is 29.3 Å². The molecule has 0 aromatic heterocycles. The van der Waals surface area contributed by atoms with E-state index in [0.29, 0.717) is 35.3 Å². The fourth-order valence-electron chi connectivity index (χ4n) is 1.25. The van der Waals surface area contributed by atoms with Crippen LogP contribution in [0.15, 0.2) is 24.3 Å². The summed E-state index contributed by atoms with van der Waals surface area (Å²) in [7, 11) is 0. The minimum absolute atomic E-state index is 0.299.